The lowest BCUT2D eigenvalue weighted by Crippen LogP contribution is -2.05. The number of carbonyl (C=O) groups excluding carboxylic acids is 1. The summed E-state index contributed by atoms with van der Waals surface area (Å²) in [5, 5.41) is 0. The second-order valence-corrected chi connectivity index (χ2v) is 6.39. The Bertz CT molecular complexity index is 682. The third-order valence-electron chi connectivity index (χ3n) is 4.56. The lowest BCUT2D eigenvalue weighted by atomic mass is 9.89. The molecule has 2 aromatic rings. The molecule has 0 aromatic heterocycles. The average Bonchev–Trinajstić information content (AvgIpc) is 2.66. The van der Waals surface area contributed by atoms with Crippen LogP contribution < -0.4 is 4.74 Å². The molecule has 2 nitrogen and oxygen atoms in total. The van der Waals surface area contributed by atoms with Gasteiger partial charge in [-0.3, -0.25) is 4.79 Å². The number of hydrogen-bond acceptors (Lipinski definition) is 2. The van der Waals surface area contributed by atoms with Crippen molar-refractivity contribution in [2.24, 2.45) is 5.92 Å². The van der Waals surface area contributed by atoms with Crippen molar-refractivity contribution in [3.05, 3.63) is 77.9 Å². The van der Waals surface area contributed by atoms with Crippen molar-refractivity contribution in [3.8, 4) is 5.75 Å². The second-order valence-electron chi connectivity index (χ2n) is 6.39. The van der Waals surface area contributed by atoms with Gasteiger partial charge in [-0.25, -0.2) is 0 Å². The summed E-state index contributed by atoms with van der Waals surface area (Å²) in [4.78, 5) is 12.6. The minimum absolute atomic E-state index is 0.0317. The third kappa shape index (κ3) is 4.58. The number of benzene rings is 2. The summed E-state index contributed by atoms with van der Waals surface area (Å²) in [6.07, 6.45) is 10.1. The molecule has 0 amide bonds. The zero-order valence-corrected chi connectivity index (χ0v) is 14.0. The predicted octanol–water partition coefficient (Wildman–Crippen LogP) is 5.58. The summed E-state index contributed by atoms with van der Waals surface area (Å²) in [7, 11) is 0. The maximum atomic E-state index is 12.6. The molecule has 2 heteroatoms. The van der Waals surface area contributed by atoms with E-state index in [2.05, 4.69) is 6.08 Å². The molecule has 0 bridgehead atoms. The van der Waals surface area contributed by atoms with Crippen molar-refractivity contribution in [3.63, 3.8) is 0 Å². The molecule has 2 aromatic carbocycles. The molecule has 1 saturated carbocycles. The van der Waals surface area contributed by atoms with Crippen LogP contribution in [0.4, 0.5) is 0 Å². The number of para-hydroxylation sites is 1. The van der Waals surface area contributed by atoms with E-state index in [0.29, 0.717) is 23.8 Å². The summed E-state index contributed by atoms with van der Waals surface area (Å²) in [6, 6.07) is 17.5. The molecule has 0 aliphatic heterocycles. The molecule has 24 heavy (non-hydrogen) atoms. The van der Waals surface area contributed by atoms with Crippen LogP contribution in [0.15, 0.2) is 66.7 Å². The largest absolute Gasteiger partial charge is 0.488 e. The maximum Gasteiger partial charge on any atom is 0.189 e. The van der Waals surface area contributed by atoms with E-state index in [1.54, 1.807) is 6.08 Å². The van der Waals surface area contributed by atoms with E-state index < -0.39 is 0 Å². The predicted molar refractivity (Wildman–Crippen MR) is 97.3 cm³/mol. The number of rotatable bonds is 6. The molecule has 124 valence electrons. The van der Waals surface area contributed by atoms with E-state index in [1.165, 1.54) is 32.1 Å². The van der Waals surface area contributed by atoms with Crippen molar-refractivity contribution in [1.29, 1.82) is 0 Å². The van der Waals surface area contributed by atoms with Gasteiger partial charge in [0, 0.05) is 0 Å². The molecule has 0 spiro atoms. The molecule has 1 aliphatic carbocycles. The van der Waals surface area contributed by atoms with Gasteiger partial charge >= 0.3 is 0 Å². The Morgan fingerprint density at radius 2 is 1.67 bits per heavy atom. The van der Waals surface area contributed by atoms with Crippen LogP contribution in [0.5, 0.6) is 5.75 Å². The van der Waals surface area contributed by atoms with Crippen molar-refractivity contribution in [2.75, 3.05) is 0 Å². The Balaban J connectivity index is 1.66. The summed E-state index contributed by atoms with van der Waals surface area (Å²) in [5.74, 6) is 1.24. The fourth-order valence-electron chi connectivity index (χ4n) is 3.17. The van der Waals surface area contributed by atoms with Crippen LogP contribution >= 0.6 is 0 Å². The van der Waals surface area contributed by atoms with Gasteiger partial charge in [-0.1, -0.05) is 67.8 Å². The monoisotopic (exact) mass is 320 g/mol. The molecule has 0 radical (unpaired) electrons. The van der Waals surface area contributed by atoms with E-state index in [0.717, 1.165) is 5.56 Å². The molecule has 0 unspecified atom stereocenters. The van der Waals surface area contributed by atoms with Gasteiger partial charge in [0.1, 0.15) is 12.4 Å². The van der Waals surface area contributed by atoms with E-state index in [-0.39, 0.29) is 5.78 Å². The number of ketones is 1. The molecular formula is C22H24O2. The highest BCUT2D eigenvalue weighted by Crippen LogP contribution is 2.25. The summed E-state index contributed by atoms with van der Waals surface area (Å²) in [6.45, 7) is 0.470. The topological polar surface area (TPSA) is 26.3 Å². The molecule has 0 heterocycles. The van der Waals surface area contributed by atoms with Crippen LogP contribution in [0.2, 0.25) is 0 Å². The van der Waals surface area contributed by atoms with Crippen molar-refractivity contribution in [1.82, 2.24) is 0 Å². The van der Waals surface area contributed by atoms with Crippen LogP contribution in [-0.4, -0.2) is 5.78 Å². The summed E-state index contributed by atoms with van der Waals surface area (Å²) in [5.41, 5.74) is 1.73. The second kappa shape index (κ2) is 8.49. The normalized spacial score (nSPS) is 15.5. The first kappa shape index (κ1) is 16.5. The first-order chi connectivity index (χ1) is 11.8. The average molecular weight is 320 g/mol. The van der Waals surface area contributed by atoms with E-state index in [4.69, 9.17) is 4.74 Å². The van der Waals surface area contributed by atoms with Gasteiger partial charge in [0.15, 0.2) is 5.78 Å². The summed E-state index contributed by atoms with van der Waals surface area (Å²) < 4.78 is 5.88. The highest BCUT2D eigenvalue weighted by Gasteiger charge is 2.13. The minimum Gasteiger partial charge on any atom is -0.488 e. The number of hydrogen-bond donors (Lipinski definition) is 0. The van der Waals surface area contributed by atoms with Gasteiger partial charge in [0.2, 0.25) is 0 Å². The molecule has 1 fully saturated rings. The van der Waals surface area contributed by atoms with Crippen molar-refractivity contribution in [2.45, 2.75) is 38.7 Å². The van der Waals surface area contributed by atoms with E-state index in [9.17, 15) is 4.79 Å². The Morgan fingerprint density at radius 3 is 2.46 bits per heavy atom. The molecule has 0 atom stereocenters. The third-order valence-corrected chi connectivity index (χ3v) is 4.56. The minimum atomic E-state index is 0.0317. The molecular weight excluding hydrogens is 296 g/mol. The number of ether oxygens (including phenoxy) is 1. The summed E-state index contributed by atoms with van der Waals surface area (Å²) >= 11 is 0. The Kier molecular flexibility index (Phi) is 5.84. The maximum absolute atomic E-state index is 12.6. The zero-order valence-electron chi connectivity index (χ0n) is 14.0. The van der Waals surface area contributed by atoms with Crippen LogP contribution in [0.3, 0.4) is 0 Å². The number of allylic oxidation sites excluding steroid dienone is 2. The molecule has 1 aliphatic rings. The number of carbonyl (C=O) groups is 1. The quantitative estimate of drug-likeness (QED) is 0.512. The fraction of sp³-hybridized carbons (Fsp3) is 0.318. The Morgan fingerprint density at radius 1 is 0.958 bits per heavy atom. The highest BCUT2D eigenvalue weighted by atomic mass is 16.5. The van der Waals surface area contributed by atoms with Crippen LogP contribution in [0.1, 0.15) is 48.0 Å². The van der Waals surface area contributed by atoms with Gasteiger partial charge in [-0.05, 0) is 42.5 Å². The van der Waals surface area contributed by atoms with Gasteiger partial charge in [-0.15, -0.1) is 0 Å². The van der Waals surface area contributed by atoms with Gasteiger partial charge < -0.3 is 4.74 Å². The van der Waals surface area contributed by atoms with E-state index in [1.807, 2.05) is 54.6 Å². The standard InChI is InChI=1S/C22H24O2/c23-21(16-15-18-9-3-1-4-10-18)20-13-7-8-14-22(20)24-17-19-11-5-2-6-12-19/h2,5-8,11-16,18H,1,3-4,9-10,17H2. The van der Waals surface area contributed by atoms with Gasteiger partial charge in [0.25, 0.3) is 0 Å². The molecule has 3 rings (SSSR count). The van der Waals surface area contributed by atoms with Crippen LogP contribution in [0, 0.1) is 5.92 Å². The van der Waals surface area contributed by atoms with Crippen LogP contribution in [0.25, 0.3) is 0 Å². The Hall–Kier alpha value is -2.35. The Labute approximate surface area is 144 Å². The van der Waals surface area contributed by atoms with Gasteiger partial charge in [-0.2, -0.15) is 0 Å². The lowest BCUT2D eigenvalue weighted by Gasteiger charge is -2.17. The van der Waals surface area contributed by atoms with Crippen molar-refractivity contribution >= 4 is 5.78 Å². The first-order valence-electron chi connectivity index (χ1n) is 8.81. The smallest absolute Gasteiger partial charge is 0.189 e. The fourth-order valence-corrected chi connectivity index (χ4v) is 3.17. The molecule has 0 N–H and O–H groups in total. The highest BCUT2D eigenvalue weighted by molar-refractivity contribution is 6.06. The molecule has 0 saturated heterocycles. The zero-order chi connectivity index (χ0) is 16.6. The van der Waals surface area contributed by atoms with E-state index >= 15 is 0 Å². The van der Waals surface area contributed by atoms with Crippen molar-refractivity contribution < 1.29 is 9.53 Å². The van der Waals surface area contributed by atoms with Crippen LogP contribution in [-0.2, 0) is 6.61 Å². The van der Waals surface area contributed by atoms with Gasteiger partial charge in [0.05, 0.1) is 5.56 Å². The first-order valence-corrected chi connectivity index (χ1v) is 8.81. The lowest BCUT2D eigenvalue weighted by molar-refractivity contribution is 0.104. The SMILES string of the molecule is O=C(C=CC1CCCCC1)c1ccccc1OCc1ccccc1.